The molecule has 0 radical (unpaired) electrons. The number of nitrogens with one attached hydrogen (secondary N) is 1. The molecule has 5 heterocycles. The van der Waals surface area contributed by atoms with Gasteiger partial charge in [-0.2, -0.15) is 4.68 Å². The van der Waals surface area contributed by atoms with E-state index in [1.807, 2.05) is 12.1 Å². The Bertz CT molecular complexity index is 1770. The number of benzene rings is 1. The average molecular weight is 574 g/mol. The van der Waals surface area contributed by atoms with Crippen molar-refractivity contribution in [1.82, 2.24) is 39.7 Å². The Morgan fingerprint density at radius 3 is 2.78 bits per heavy atom. The molecule has 5 aromatic rings. The smallest absolute Gasteiger partial charge is 0.413 e. The van der Waals surface area contributed by atoms with E-state index in [1.54, 1.807) is 47.3 Å². The van der Waals surface area contributed by atoms with E-state index in [2.05, 4.69) is 30.5 Å². The van der Waals surface area contributed by atoms with Crippen molar-refractivity contribution in [3.63, 3.8) is 0 Å². The van der Waals surface area contributed by atoms with Crippen molar-refractivity contribution in [3.05, 3.63) is 87.9 Å². The van der Waals surface area contributed by atoms with E-state index in [0.29, 0.717) is 34.3 Å². The summed E-state index contributed by atoms with van der Waals surface area (Å²) >= 11 is 6.31. The number of ether oxygens (including phenoxy) is 1. The van der Waals surface area contributed by atoms with Crippen LogP contribution in [0.25, 0.3) is 28.2 Å². The van der Waals surface area contributed by atoms with Crippen LogP contribution in [0.5, 0.6) is 0 Å². The maximum absolute atomic E-state index is 13.5. The van der Waals surface area contributed by atoms with Gasteiger partial charge in [-0.15, -0.1) is 5.10 Å². The molecule has 0 fully saturated rings. The summed E-state index contributed by atoms with van der Waals surface area (Å²) in [6.07, 6.45) is 5.09. The number of amides is 1. The number of aryl methyl sites for hydroxylation is 1. The molecular weight excluding hydrogens is 550 g/mol. The summed E-state index contributed by atoms with van der Waals surface area (Å²) in [6.45, 7) is 0.414. The lowest BCUT2D eigenvalue weighted by atomic mass is 10.0. The number of pyridine rings is 2. The number of aromatic amines is 1. The molecule has 0 saturated heterocycles. The number of hydrogen-bond donors (Lipinski definition) is 2. The van der Waals surface area contributed by atoms with Crippen molar-refractivity contribution in [3.8, 4) is 28.2 Å². The minimum atomic E-state index is -1.11. The first kappa shape index (κ1) is 26.3. The third-order valence-electron chi connectivity index (χ3n) is 7.00. The Morgan fingerprint density at radius 1 is 1.17 bits per heavy atom. The second-order valence-corrected chi connectivity index (χ2v) is 9.87. The van der Waals surface area contributed by atoms with Gasteiger partial charge >= 0.3 is 6.09 Å². The number of carbonyl (C=O) groups is 1. The fourth-order valence-corrected chi connectivity index (χ4v) is 5.26. The third kappa shape index (κ3) is 5.08. The number of aromatic nitrogens is 8. The first-order valence-electron chi connectivity index (χ1n) is 12.7. The predicted octanol–water partition coefficient (Wildman–Crippen LogP) is 3.60. The van der Waals surface area contributed by atoms with Crippen LogP contribution < -0.4 is 10.5 Å². The zero-order chi connectivity index (χ0) is 28.5. The van der Waals surface area contributed by atoms with E-state index in [4.69, 9.17) is 16.3 Å². The van der Waals surface area contributed by atoms with E-state index in [0.717, 1.165) is 33.8 Å². The Labute approximate surface area is 238 Å². The minimum absolute atomic E-state index is 0.144. The summed E-state index contributed by atoms with van der Waals surface area (Å²) in [5.74, 6) is 0.862. The zero-order valence-electron chi connectivity index (χ0n) is 21.8. The Hall–Kier alpha value is -4.88. The van der Waals surface area contributed by atoms with Crippen molar-refractivity contribution in [2.75, 3.05) is 25.2 Å². The fraction of sp³-hybridized carbons (Fsp3) is 0.222. The predicted molar refractivity (Wildman–Crippen MR) is 149 cm³/mol. The number of halogens is 1. The van der Waals surface area contributed by atoms with Crippen LogP contribution >= 0.6 is 11.6 Å². The highest BCUT2D eigenvalue weighted by Gasteiger charge is 2.27. The Balaban J connectivity index is 1.28. The fourth-order valence-electron chi connectivity index (χ4n) is 5.08. The molecule has 0 unspecified atom stereocenters. The minimum Gasteiger partial charge on any atom is -0.465 e. The van der Waals surface area contributed by atoms with Gasteiger partial charge in [-0.3, -0.25) is 9.69 Å². The SMILES string of the molecule is COCCN(C(=O)O)c1ccc(-c2ncc([C@@H]3CCc4cc(-c5cc(Cl)ccc5-n5cnnn5)cc(=O)n43)[nH]2)cn1. The number of imidazole rings is 1. The quantitative estimate of drug-likeness (QED) is 0.283. The van der Waals surface area contributed by atoms with Gasteiger partial charge in [0.2, 0.25) is 0 Å². The topological polar surface area (TPSA) is 157 Å². The van der Waals surface area contributed by atoms with Gasteiger partial charge in [-0.25, -0.2) is 14.8 Å². The second-order valence-electron chi connectivity index (χ2n) is 9.43. The van der Waals surface area contributed by atoms with Crippen LogP contribution in [0.4, 0.5) is 10.6 Å². The van der Waals surface area contributed by atoms with Crippen LogP contribution in [0.1, 0.15) is 23.9 Å². The van der Waals surface area contributed by atoms with Crippen LogP contribution in [0, 0.1) is 0 Å². The number of H-pyrrole nitrogens is 1. The third-order valence-corrected chi connectivity index (χ3v) is 7.24. The summed E-state index contributed by atoms with van der Waals surface area (Å²) in [5.41, 5.74) is 4.42. The maximum Gasteiger partial charge on any atom is 0.413 e. The largest absolute Gasteiger partial charge is 0.465 e. The first-order chi connectivity index (χ1) is 19.9. The van der Waals surface area contributed by atoms with Gasteiger partial charge in [-0.05, 0) is 65.2 Å². The van der Waals surface area contributed by atoms with Gasteiger partial charge in [0.25, 0.3) is 5.56 Å². The highest BCUT2D eigenvalue weighted by molar-refractivity contribution is 6.31. The second kappa shape index (κ2) is 10.9. The number of carboxylic acid groups (broad SMARTS) is 1. The van der Waals surface area contributed by atoms with Gasteiger partial charge in [0, 0.05) is 41.2 Å². The van der Waals surface area contributed by atoms with Crippen molar-refractivity contribution in [1.29, 1.82) is 0 Å². The molecule has 208 valence electrons. The van der Waals surface area contributed by atoms with E-state index in [9.17, 15) is 14.7 Å². The van der Waals surface area contributed by atoms with Crippen molar-refractivity contribution >= 4 is 23.5 Å². The lowest BCUT2D eigenvalue weighted by Gasteiger charge is -2.17. The van der Waals surface area contributed by atoms with Crippen molar-refractivity contribution < 1.29 is 14.6 Å². The summed E-state index contributed by atoms with van der Waals surface area (Å²) in [6, 6.07) is 12.1. The molecular formula is C27H24ClN9O4. The normalized spacial score (nSPS) is 14.2. The van der Waals surface area contributed by atoms with Gasteiger partial charge in [0.05, 0.1) is 36.8 Å². The van der Waals surface area contributed by atoms with E-state index in [-0.39, 0.29) is 24.8 Å². The Kier molecular flexibility index (Phi) is 7.03. The molecule has 4 aromatic heterocycles. The number of rotatable bonds is 8. The van der Waals surface area contributed by atoms with Crippen molar-refractivity contribution in [2.24, 2.45) is 0 Å². The molecule has 1 atom stereocenters. The molecule has 0 spiro atoms. The summed E-state index contributed by atoms with van der Waals surface area (Å²) in [7, 11) is 1.51. The highest BCUT2D eigenvalue weighted by atomic mass is 35.5. The zero-order valence-corrected chi connectivity index (χ0v) is 22.6. The van der Waals surface area contributed by atoms with Gasteiger partial charge in [0.15, 0.2) is 0 Å². The molecule has 0 bridgehead atoms. The van der Waals surface area contributed by atoms with E-state index < -0.39 is 6.09 Å². The van der Waals surface area contributed by atoms with Gasteiger partial charge < -0.3 is 19.4 Å². The number of tetrazole rings is 1. The summed E-state index contributed by atoms with van der Waals surface area (Å²) < 4.78 is 8.31. The van der Waals surface area contributed by atoms with Crippen LogP contribution in [-0.4, -0.2) is 71.2 Å². The Morgan fingerprint density at radius 2 is 2.05 bits per heavy atom. The maximum atomic E-state index is 13.5. The van der Waals surface area contributed by atoms with Crippen molar-refractivity contribution in [2.45, 2.75) is 18.9 Å². The molecule has 0 aliphatic carbocycles. The summed E-state index contributed by atoms with van der Waals surface area (Å²) in [4.78, 5) is 38.3. The molecule has 41 heavy (non-hydrogen) atoms. The lowest BCUT2D eigenvalue weighted by molar-refractivity contribution is 0.186. The van der Waals surface area contributed by atoms with E-state index >= 15 is 0 Å². The summed E-state index contributed by atoms with van der Waals surface area (Å²) in [5, 5.41) is 21.4. The first-order valence-corrected chi connectivity index (χ1v) is 13.1. The van der Waals surface area contributed by atoms with Crippen LogP contribution in [0.15, 0.2) is 66.0 Å². The molecule has 1 amide bonds. The number of hydrogen-bond acceptors (Lipinski definition) is 8. The molecule has 1 aliphatic heterocycles. The standard InChI is InChI=1S/C27H24ClN9O4/c1-41-9-8-35(27(39)40)24-7-2-16(13-29-24)26-30-14-21(32-26)23-6-4-19-10-17(11-25(38)37(19)23)20-12-18(28)3-5-22(20)36-15-31-33-34-36/h2-3,5,7,10-15,23H,4,6,8-9H2,1H3,(H,30,32)(H,39,40)/t23-/m0/s1. The average Bonchev–Trinajstić information content (AvgIpc) is 3.74. The molecule has 0 saturated carbocycles. The van der Waals surface area contributed by atoms with Crippen LogP contribution in [0.2, 0.25) is 5.02 Å². The number of nitrogens with zero attached hydrogens (tertiary/aromatic N) is 8. The molecule has 14 heteroatoms. The molecule has 6 rings (SSSR count). The molecule has 2 N–H and O–H groups in total. The number of fused-ring (bicyclic) bond motifs is 1. The van der Waals surface area contributed by atoms with Gasteiger partial charge in [0.1, 0.15) is 18.0 Å². The number of anilines is 1. The van der Waals surface area contributed by atoms with Crippen LogP contribution in [0.3, 0.4) is 0 Å². The highest BCUT2D eigenvalue weighted by Crippen LogP contribution is 2.34. The molecule has 13 nitrogen and oxygen atoms in total. The van der Waals surface area contributed by atoms with Gasteiger partial charge in [-0.1, -0.05) is 11.6 Å². The van der Waals surface area contributed by atoms with Crippen LogP contribution in [-0.2, 0) is 11.2 Å². The molecule has 1 aliphatic rings. The number of methoxy groups -OCH3 is 1. The van der Waals surface area contributed by atoms with E-state index in [1.165, 1.54) is 18.1 Å². The molecule has 1 aromatic carbocycles. The lowest BCUT2D eigenvalue weighted by Crippen LogP contribution is -2.33. The monoisotopic (exact) mass is 573 g/mol.